The first-order chi connectivity index (χ1) is 15.0. The van der Waals surface area contributed by atoms with Crippen LogP contribution in [-0.4, -0.2) is 9.79 Å². The fourth-order valence-corrected chi connectivity index (χ4v) is 10.3. The van der Waals surface area contributed by atoms with Gasteiger partial charge in [0.1, 0.15) is 0 Å². The van der Waals surface area contributed by atoms with E-state index in [0.29, 0.717) is 0 Å². The Hall–Kier alpha value is -0.510. The molecule has 0 aliphatic heterocycles. The summed E-state index contributed by atoms with van der Waals surface area (Å²) in [6, 6.07) is 16.7. The Morgan fingerprint density at radius 2 is 1.03 bits per heavy atom. The summed E-state index contributed by atoms with van der Waals surface area (Å²) < 4.78 is 0. The molecular formula is C26H41O2PS2. The molecule has 0 unspecified atom stereocenters. The molecule has 0 spiro atoms. The Morgan fingerprint density at radius 1 is 0.645 bits per heavy atom. The second kappa shape index (κ2) is 14.6. The van der Waals surface area contributed by atoms with Crippen LogP contribution in [0.2, 0.25) is 0 Å². The van der Waals surface area contributed by atoms with E-state index >= 15 is 0 Å². The molecule has 0 saturated heterocycles. The number of aryl methyl sites for hydroxylation is 2. The first-order valence-corrected chi connectivity index (χ1v) is 16.6. The van der Waals surface area contributed by atoms with Crippen molar-refractivity contribution in [3.63, 3.8) is 0 Å². The van der Waals surface area contributed by atoms with Crippen LogP contribution in [0, 0.1) is 0 Å². The van der Waals surface area contributed by atoms with E-state index in [1.54, 1.807) is 0 Å². The van der Waals surface area contributed by atoms with E-state index in [1.165, 1.54) is 62.5 Å². The molecule has 0 fully saturated rings. The Kier molecular flexibility index (Phi) is 12.6. The zero-order valence-corrected chi connectivity index (χ0v) is 21.9. The van der Waals surface area contributed by atoms with Gasteiger partial charge in [0, 0.05) is 9.79 Å². The van der Waals surface area contributed by atoms with Crippen molar-refractivity contribution < 1.29 is 9.79 Å². The summed E-state index contributed by atoms with van der Waals surface area (Å²) in [5, 5.41) is 0. The molecule has 0 amide bonds. The lowest BCUT2D eigenvalue weighted by atomic mass is 10.1. The van der Waals surface area contributed by atoms with Gasteiger partial charge in [-0.2, -0.15) is 0 Å². The van der Waals surface area contributed by atoms with E-state index in [2.05, 4.69) is 62.5 Å². The SMILES string of the molecule is CCCCCCCc1ccccc1S(c1ccccc1CCCCCCC)=P(O)(O)S. The molecule has 0 aliphatic rings. The van der Waals surface area contributed by atoms with Crippen LogP contribution in [0.5, 0.6) is 0 Å². The van der Waals surface area contributed by atoms with Crippen molar-refractivity contribution in [2.24, 2.45) is 0 Å². The number of unbranched alkanes of at least 4 members (excludes halogenated alkanes) is 8. The fourth-order valence-electron chi connectivity index (χ4n) is 4.02. The van der Waals surface area contributed by atoms with Crippen molar-refractivity contribution in [1.82, 2.24) is 0 Å². The minimum Gasteiger partial charge on any atom is -0.341 e. The van der Waals surface area contributed by atoms with Gasteiger partial charge in [0.2, 0.25) is 5.69 Å². The van der Waals surface area contributed by atoms with E-state index in [0.717, 1.165) is 35.5 Å². The van der Waals surface area contributed by atoms with Gasteiger partial charge in [-0.3, -0.25) is 0 Å². The van der Waals surface area contributed by atoms with Crippen LogP contribution in [0.3, 0.4) is 0 Å². The zero-order valence-electron chi connectivity index (χ0n) is 19.3. The number of rotatable bonds is 14. The normalized spacial score (nSPS) is 11.9. The van der Waals surface area contributed by atoms with Gasteiger partial charge in [-0.1, -0.05) is 124 Å². The molecule has 2 aromatic rings. The maximum absolute atomic E-state index is 10.9. The van der Waals surface area contributed by atoms with Gasteiger partial charge in [-0.15, -0.1) is 0 Å². The molecule has 2 aromatic carbocycles. The monoisotopic (exact) mass is 480 g/mol. The highest BCUT2D eigenvalue weighted by Gasteiger charge is 2.20. The van der Waals surface area contributed by atoms with E-state index < -0.39 is 15.8 Å². The number of benzene rings is 2. The van der Waals surface area contributed by atoms with Crippen molar-refractivity contribution in [3.05, 3.63) is 59.7 Å². The molecule has 174 valence electrons. The molecule has 31 heavy (non-hydrogen) atoms. The number of thiol groups is 1. The van der Waals surface area contributed by atoms with Crippen LogP contribution in [0.15, 0.2) is 58.3 Å². The van der Waals surface area contributed by atoms with Gasteiger partial charge >= 0.3 is 0 Å². The third kappa shape index (κ3) is 9.10. The van der Waals surface area contributed by atoms with Gasteiger partial charge < -0.3 is 9.79 Å². The van der Waals surface area contributed by atoms with E-state index in [-0.39, 0.29) is 0 Å². The van der Waals surface area contributed by atoms with E-state index in [9.17, 15) is 9.79 Å². The lowest BCUT2D eigenvalue weighted by Crippen LogP contribution is -2.04. The molecule has 2 N–H and O–H groups in total. The summed E-state index contributed by atoms with van der Waals surface area (Å²) in [7, 11) is -0.823. The predicted octanol–water partition coefficient (Wildman–Crippen LogP) is 8.34. The van der Waals surface area contributed by atoms with Gasteiger partial charge in [-0.05, 0) is 48.9 Å². The van der Waals surface area contributed by atoms with Crippen LogP contribution in [0.25, 0.3) is 0 Å². The topological polar surface area (TPSA) is 40.5 Å². The Morgan fingerprint density at radius 3 is 1.42 bits per heavy atom. The van der Waals surface area contributed by atoms with Crippen LogP contribution < -0.4 is 0 Å². The molecular weight excluding hydrogens is 439 g/mol. The summed E-state index contributed by atoms with van der Waals surface area (Å²) in [5.41, 5.74) is -0.926. The molecule has 2 nitrogen and oxygen atoms in total. The van der Waals surface area contributed by atoms with E-state index in [1.807, 2.05) is 12.1 Å². The fraction of sp³-hybridized carbons (Fsp3) is 0.538. The van der Waals surface area contributed by atoms with Crippen LogP contribution in [0.1, 0.15) is 89.2 Å². The molecule has 2 rings (SSSR count). The molecule has 0 saturated carbocycles. The summed E-state index contributed by atoms with van der Waals surface area (Å²) in [5.74, 6) is 0. The van der Waals surface area contributed by atoms with Crippen molar-refractivity contribution in [1.29, 1.82) is 0 Å². The molecule has 0 heterocycles. The minimum absolute atomic E-state index is 0.823. The van der Waals surface area contributed by atoms with Gasteiger partial charge in [-0.25, -0.2) is 0 Å². The molecule has 0 atom stereocenters. The van der Waals surface area contributed by atoms with Crippen LogP contribution >= 0.6 is 17.9 Å². The smallest absolute Gasteiger partial charge is 0.207 e. The highest BCUT2D eigenvalue weighted by molar-refractivity contribution is 8.65. The van der Waals surface area contributed by atoms with Gasteiger partial charge in [0.25, 0.3) is 0 Å². The largest absolute Gasteiger partial charge is 0.341 e. The maximum Gasteiger partial charge on any atom is 0.207 e. The average molecular weight is 481 g/mol. The highest BCUT2D eigenvalue weighted by atomic mass is 32.9. The average Bonchev–Trinajstić information content (AvgIpc) is 2.74. The molecule has 0 aliphatic carbocycles. The van der Waals surface area contributed by atoms with Crippen molar-refractivity contribution >= 4 is 28.0 Å². The van der Waals surface area contributed by atoms with Crippen molar-refractivity contribution in [2.75, 3.05) is 0 Å². The summed E-state index contributed by atoms with van der Waals surface area (Å²) in [6.07, 6.45) is 14.3. The number of hydrogen-bond acceptors (Lipinski definition) is 0. The first kappa shape index (κ1) is 26.7. The highest BCUT2D eigenvalue weighted by Crippen LogP contribution is 2.52. The zero-order chi connectivity index (χ0) is 22.5. The predicted molar refractivity (Wildman–Crippen MR) is 142 cm³/mol. The summed E-state index contributed by atoms with van der Waals surface area (Å²) >= 11 is 4.38. The number of hydrogen-bond donors (Lipinski definition) is 3. The van der Waals surface area contributed by atoms with Crippen LogP contribution in [-0.2, 0) is 22.9 Å². The van der Waals surface area contributed by atoms with E-state index in [4.69, 9.17) is 0 Å². The molecule has 0 aromatic heterocycles. The first-order valence-electron chi connectivity index (χ1n) is 12.0. The third-order valence-corrected chi connectivity index (χ3v) is 11.9. The Labute approximate surface area is 197 Å². The molecule has 5 heteroatoms. The Bertz CT molecular complexity index is 777. The van der Waals surface area contributed by atoms with Crippen molar-refractivity contribution in [2.45, 2.75) is 101 Å². The standard InChI is InChI=1S/C26H41O2PS2/c1-3-5-7-9-11-17-23-19-13-15-21-25(23)31(29(27,28)30)26-22-16-14-20-24(26)18-12-10-8-6-4-2/h13-16,19-22,27-28,30H,3-12,17-18H2,1-2H3. The Balaban J connectivity index is 2.31. The maximum atomic E-state index is 10.9. The second-order valence-electron chi connectivity index (χ2n) is 8.34. The molecule has 0 bridgehead atoms. The quantitative estimate of drug-likeness (QED) is 0.144. The third-order valence-electron chi connectivity index (χ3n) is 5.71. The molecule has 0 radical (unpaired) electrons. The van der Waals surface area contributed by atoms with Crippen molar-refractivity contribution in [3.8, 4) is 0 Å². The summed E-state index contributed by atoms with van der Waals surface area (Å²) in [6.45, 7) is 4.47. The van der Waals surface area contributed by atoms with Crippen LogP contribution in [0.4, 0.5) is 0 Å². The second-order valence-corrected chi connectivity index (χ2v) is 15.9. The van der Waals surface area contributed by atoms with Gasteiger partial charge in [0.05, 0.1) is 0 Å². The lowest BCUT2D eigenvalue weighted by molar-refractivity contribution is 0.502. The summed E-state index contributed by atoms with van der Waals surface area (Å²) in [4.78, 5) is 23.8. The van der Waals surface area contributed by atoms with Gasteiger partial charge in [0.15, 0.2) is 0 Å². The minimum atomic E-state index is -3.40. The lowest BCUT2D eigenvalue weighted by Gasteiger charge is -2.22.